The van der Waals surface area contributed by atoms with Crippen LogP contribution in [-0.2, 0) is 0 Å². The number of hydrogen-bond donors (Lipinski definition) is 1. The van der Waals surface area contributed by atoms with Gasteiger partial charge in [0, 0.05) is 11.6 Å². The van der Waals surface area contributed by atoms with Crippen LogP contribution in [0.1, 0.15) is 36.9 Å². The molecule has 1 aromatic rings. The molecular weight excluding hydrogens is 234 g/mol. The van der Waals surface area contributed by atoms with Crippen molar-refractivity contribution in [3.05, 3.63) is 35.4 Å². The molecule has 2 nitrogen and oxygen atoms in total. The smallest absolute Gasteiger partial charge is 0.263 e. The maximum Gasteiger partial charge on any atom is 0.263 e. The Bertz CT molecular complexity index is 366. The third kappa shape index (κ3) is 2.54. The highest BCUT2D eigenvalue weighted by Crippen LogP contribution is 2.36. The highest BCUT2D eigenvalue weighted by atomic mass is 19.3. The molecule has 0 radical (unpaired) electrons. The lowest BCUT2D eigenvalue weighted by Crippen LogP contribution is -2.28. The number of rotatable bonds is 4. The molecule has 1 heterocycles. The first-order chi connectivity index (χ1) is 8.67. The molecule has 1 fully saturated rings. The third-order valence-electron chi connectivity index (χ3n) is 3.87. The van der Waals surface area contributed by atoms with Crippen LogP contribution in [0, 0.1) is 5.92 Å². The van der Waals surface area contributed by atoms with Gasteiger partial charge in [0.15, 0.2) is 0 Å². The Kier molecular flexibility index (Phi) is 4.30. The van der Waals surface area contributed by atoms with Gasteiger partial charge in [-0.1, -0.05) is 31.2 Å². The predicted octanol–water partition coefficient (Wildman–Crippen LogP) is 2.97. The van der Waals surface area contributed by atoms with E-state index in [1.54, 1.807) is 0 Å². The second-order valence-electron chi connectivity index (χ2n) is 4.83. The minimum absolute atomic E-state index is 0.0871. The van der Waals surface area contributed by atoms with Crippen molar-refractivity contribution in [2.45, 2.75) is 25.8 Å². The highest BCUT2D eigenvalue weighted by molar-refractivity contribution is 5.27. The fraction of sp³-hybridized carbons (Fsp3) is 0.571. The van der Waals surface area contributed by atoms with E-state index in [1.165, 1.54) is 12.1 Å². The van der Waals surface area contributed by atoms with Gasteiger partial charge in [-0.15, -0.1) is 0 Å². The molecular formula is C14H20F2N2. The summed E-state index contributed by atoms with van der Waals surface area (Å²) in [6, 6.07) is 6.98. The van der Waals surface area contributed by atoms with E-state index in [9.17, 15) is 8.78 Å². The van der Waals surface area contributed by atoms with Crippen molar-refractivity contribution in [2.75, 3.05) is 19.6 Å². The molecule has 1 aliphatic rings. The zero-order valence-electron chi connectivity index (χ0n) is 10.7. The second kappa shape index (κ2) is 5.76. The minimum atomic E-state index is -2.39. The number of likely N-dealkylation sites (tertiary alicyclic amines) is 1. The predicted molar refractivity (Wildman–Crippen MR) is 68.5 cm³/mol. The maximum absolute atomic E-state index is 12.5. The number of hydrogen-bond acceptors (Lipinski definition) is 2. The SMILES string of the molecule is CCN1CCC(CN)C1c1ccc(C(F)F)cc1. The van der Waals surface area contributed by atoms with Crippen LogP contribution in [0.4, 0.5) is 8.78 Å². The van der Waals surface area contributed by atoms with Crippen molar-refractivity contribution < 1.29 is 8.78 Å². The van der Waals surface area contributed by atoms with Gasteiger partial charge in [-0.05, 0) is 37.5 Å². The molecule has 2 N–H and O–H groups in total. The van der Waals surface area contributed by atoms with Gasteiger partial charge in [0.25, 0.3) is 6.43 Å². The zero-order chi connectivity index (χ0) is 13.1. The molecule has 0 saturated carbocycles. The zero-order valence-corrected chi connectivity index (χ0v) is 10.7. The largest absolute Gasteiger partial charge is 0.330 e. The normalized spacial score (nSPS) is 24.9. The van der Waals surface area contributed by atoms with Gasteiger partial charge in [-0.2, -0.15) is 0 Å². The lowest BCUT2D eigenvalue weighted by Gasteiger charge is -2.27. The Morgan fingerprint density at radius 2 is 2.00 bits per heavy atom. The Morgan fingerprint density at radius 1 is 1.33 bits per heavy atom. The van der Waals surface area contributed by atoms with E-state index in [2.05, 4.69) is 11.8 Å². The summed E-state index contributed by atoms with van der Waals surface area (Å²) in [4.78, 5) is 2.37. The molecule has 100 valence electrons. The molecule has 0 amide bonds. The van der Waals surface area contributed by atoms with E-state index in [4.69, 9.17) is 5.73 Å². The molecule has 18 heavy (non-hydrogen) atoms. The van der Waals surface area contributed by atoms with Crippen LogP contribution >= 0.6 is 0 Å². The van der Waals surface area contributed by atoms with Gasteiger partial charge in [-0.3, -0.25) is 4.90 Å². The molecule has 2 rings (SSSR count). The molecule has 0 bridgehead atoms. The minimum Gasteiger partial charge on any atom is -0.330 e. The number of nitrogens with two attached hydrogens (primary N) is 1. The van der Waals surface area contributed by atoms with E-state index in [1.807, 2.05) is 12.1 Å². The summed E-state index contributed by atoms with van der Waals surface area (Å²) in [6.07, 6.45) is -1.30. The second-order valence-corrected chi connectivity index (χ2v) is 4.83. The first kappa shape index (κ1) is 13.4. The van der Waals surface area contributed by atoms with E-state index in [0.717, 1.165) is 25.1 Å². The van der Waals surface area contributed by atoms with Gasteiger partial charge >= 0.3 is 0 Å². The summed E-state index contributed by atoms with van der Waals surface area (Å²) >= 11 is 0. The van der Waals surface area contributed by atoms with Crippen molar-refractivity contribution in [3.8, 4) is 0 Å². The third-order valence-corrected chi connectivity index (χ3v) is 3.87. The van der Waals surface area contributed by atoms with E-state index < -0.39 is 6.43 Å². The van der Waals surface area contributed by atoms with Crippen LogP contribution in [-0.4, -0.2) is 24.5 Å². The Morgan fingerprint density at radius 3 is 2.50 bits per heavy atom. The van der Waals surface area contributed by atoms with E-state index >= 15 is 0 Å². The quantitative estimate of drug-likeness (QED) is 0.895. The average molecular weight is 254 g/mol. The Hall–Kier alpha value is -1.00. The Labute approximate surface area is 107 Å². The van der Waals surface area contributed by atoms with Crippen LogP contribution in [0.3, 0.4) is 0 Å². The van der Waals surface area contributed by atoms with Crippen molar-refractivity contribution in [1.82, 2.24) is 4.90 Å². The fourth-order valence-electron chi connectivity index (χ4n) is 2.85. The maximum atomic E-state index is 12.5. The average Bonchev–Trinajstić information content (AvgIpc) is 2.81. The summed E-state index contributed by atoms with van der Waals surface area (Å²) in [6.45, 7) is 4.79. The van der Waals surface area contributed by atoms with Gasteiger partial charge in [-0.25, -0.2) is 8.78 Å². The first-order valence-electron chi connectivity index (χ1n) is 6.49. The summed E-state index contributed by atoms with van der Waals surface area (Å²) in [5, 5.41) is 0. The van der Waals surface area contributed by atoms with Gasteiger partial charge in [0.2, 0.25) is 0 Å². The van der Waals surface area contributed by atoms with Crippen LogP contribution in [0.25, 0.3) is 0 Å². The molecule has 0 spiro atoms. The molecule has 2 atom stereocenters. The van der Waals surface area contributed by atoms with Crippen LogP contribution in [0.2, 0.25) is 0 Å². The lowest BCUT2D eigenvalue weighted by molar-refractivity contribution is 0.151. The van der Waals surface area contributed by atoms with Gasteiger partial charge in [0.05, 0.1) is 0 Å². The number of alkyl halides is 2. The molecule has 1 aromatic carbocycles. The van der Waals surface area contributed by atoms with E-state index in [0.29, 0.717) is 12.5 Å². The summed E-state index contributed by atoms with van der Waals surface area (Å²) in [5.41, 5.74) is 7.00. The van der Waals surface area contributed by atoms with Crippen molar-refractivity contribution >= 4 is 0 Å². The molecule has 0 aliphatic carbocycles. The number of halogens is 2. The van der Waals surface area contributed by atoms with Gasteiger partial charge in [0.1, 0.15) is 0 Å². The number of nitrogens with zero attached hydrogens (tertiary/aromatic N) is 1. The topological polar surface area (TPSA) is 29.3 Å². The molecule has 4 heteroatoms. The highest BCUT2D eigenvalue weighted by Gasteiger charge is 2.33. The Balaban J connectivity index is 2.22. The molecule has 1 saturated heterocycles. The molecule has 0 aromatic heterocycles. The van der Waals surface area contributed by atoms with Crippen LogP contribution < -0.4 is 5.73 Å². The van der Waals surface area contributed by atoms with Crippen molar-refractivity contribution in [3.63, 3.8) is 0 Å². The summed E-state index contributed by atoms with van der Waals surface area (Å²) in [5.74, 6) is 0.433. The standard InChI is InChI=1S/C14H20F2N2/c1-2-18-8-7-12(9-17)13(18)10-3-5-11(6-4-10)14(15)16/h3-6,12-14H,2,7-9,17H2,1H3. The van der Waals surface area contributed by atoms with Crippen LogP contribution in [0.15, 0.2) is 24.3 Å². The summed E-state index contributed by atoms with van der Waals surface area (Å²) in [7, 11) is 0. The van der Waals surface area contributed by atoms with Crippen molar-refractivity contribution in [2.24, 2.45) is 11.7 Å². The lowest BCUT2D eigenvalue weighted by atomic mass is 9.93. The molecule has 1 aliphatic heterocycles. The first-order valence-corrected chi connectivity index (χ1v) is 6.49. The number of benzene rings is 1. The fourth-order valence-corrected chi connectivity index (χ4v) is 2.85. The molecule has 2 unspecified atom stereocenters. The van der Waals surface area contributed by atoms with Gasteiger partial charge < -0.3 is 5.73 Å². The van der Waals surface area contributed by atoms with Crippen LogP contribution in [0.5, 0.6) is 0 Å². The van der Waals surface area contributed by atoms with Crippen molar-refractivity contribution in [1.29, 1.82) is 0 Å². The summed E-state index contributed by atoms with van der Waals surface area (Å²) < 4.78 is 25.1. The monoisotopic (exact) mass is 254 g/mol. The van der Waals surface area contributed by atoms with E-state index in [-0.39, 0.29) is 11.6 Å².